The number of benzene rings is 2. The average molecular weight is 292 g/mol. The topological polar surface area (TPSA) is 35.2 Å². The Morgan fingerprint density at radius 2 is 1.88 bits per heavy atom. The van der Waals surface area contributed by atoms with Gasteiger partial charge in [-0.25, -0.2) is 0 Å². The Morgan fingerprint density at radius 1 is 1.12 bits per heavy atom. The van der Waals surface area contributed by atoms with E-state index in [9.17, 15) is 0 Å². The second-order valence-corrected chi connectivity index (χ2v) is 4.74. The first-order chi connectivity index (χ1) is 8.20. The number of ether oxygens (including phenoxy) is 1. The molecule has 0 bridgehead atoms. The van der Waals surface area contributed by atoms with Crippen molar-refractivity contribution in [3.8, 4) is 11.5 Å². The molecule has 3 heteroatoms. The van der Waals surface area contributed by atoms with E-state index in [0.29, 0.717) is 6.54 Å². The first-order valence-electron chi connectivity index (χ1n) is 5.42. The van der Waals surface area contributed by atoms with Crippen LogP contribution in [0.3, 0.4) is 0 Å². The van der Waals surface area contributed by atoms with Gasteiger partial charge in [0, 0.05) is 16.6 Å². The molecule has 2 aromatic rings. The van der Waals surface area contributed by atoms with Gasteiger partial charge in [0.2, 0.25) is 0 Å². The molecule has 0 aliphatic carbocycles. The quantitative estimate of drug-likeness (QED) is 0.927. The summed E-state index contributed by atoms with van der Waals surface area (Å²) in [5, 5.41) is 0. The van der Waals surface area contributed by atoms with Crippen LogP contribution in [0, 0.1) is 6.92 Å². The molecule has 88 valence electrons. The lowest BCUT2D eigenvalue weighted by Crippen LogP contribution is -1.99. The summed E-state index contributed by atoms with van der Waals surface area (Å²) in [5.74, 6) is 1.68. The van der Waals surface area contributed by atoms with Gasteiger partial charge in [0.1, 0.15) is 11.5 Å². The molecule has 2 nitrogen and oxygen atoms in total. The Morgan fingerprint density at radius 3 is 2.59 bits per heavy atom. The van der Waals surface area contributed by atoms with Crippen LogP contribution in [0.4, 0.5) is 0 Å². The second kappa shape index (κ2) is 5.34. The maximum absolute atomic E-state index is 5.89. The SMILES string of the molecule is Cc1ccccc1Oc1ccc(Br)cc1CN. The van der Waals surface area contributed by atoms with Crippen molar-refractivity contribution in [3.63, 3.8) is 0 Å². The maximum atomic E-state index is 5.89. The summed E-state index contributed by atoms with van der Waals surface area (Å²) >= 11 is 3.43. The molecule has 0 atom stereocenters. The molecule has 0 aliphatic rings. The second-order valence-electron chi connectivity index (χ2n) is 3.82. The molecule has 0 saturated carbocycles. The molecule has 17 heavy (non-hydrogen) atoms. The summed E-state index contributed by atoms with van der Waals surface area (Å²) in [6.45, 7) is 2.48. The van der Waals surface area contributed by atoms with E-state index >= 15 is 0 Å². The largest absolute Gasteiger partial charge is 0.457 e. The van der Waals surface area contributed by atoms with Crippen molar-refractivity contribution in [2.75, 3.05) is 0 Å². The fourth-order valence-corrected chi connectivity index (χ4v) is 2.01. The van der Waals surface area contributed by atoms with Crippen LogP contribution in [-0.2, 0) is 6.54 Å². The predicted molar refractivity (Wildman–Crippen MR) is 73.3 cm³/mol. The Hall–Kier alpha value is -1.32. The fourth-order valence-electron chi connectivity index (χ4n) is 1.60. The molecule has 2 aromatic carbocycles. The molecular formula is C14H14BrNO. The number of para-hydroxylation sites is 1. The lowest BCUT2D eigenvalue weighted by Gasteiger charge is -2.12. The lowest BCUT2D eigenvalue weighted by atomic mass is 10.2. The molecule has 0 fully saturated rings. The molecule has 0 heterocycles. The summed E-state index contributed by atoms with van der Waals surface area (Å²) in [6.07, 6.45) is 0. The van der Waals surface area contributed by atoms with Gasteiger partial charge in [0.15, 0.2) is 0 Å². The smallest absolute Gasteiger partial charge is 0.131 e. The van der Waals surface area contributed by atoms with Gasteiger partial charge in [0.25, 0.3) is 0 Å². The maximum Gasteiger partial charge on any atom is 0.131 e. The zero-order chi connectivity index (χ0) is 12.3. The van der Waals surface area contributed by atoms with E-state index in [1.807, 2.05) is 49.4 Å². The van der Waals surface area contributed by atoms with Crippen molar-refractivity contribution in [2.45, 2.75) is 13.5 Å². The normalized spacial score (nSPS) is 10.3. The van der Waals surface area contributed by atoms with Crippen molar-refractivity contribution >= 4 is 15.9 Å². The molecule has 0 spiro atoms. The summed E-state index contributed by atoms with van der Waals surface area (Å²) < 4.78 is 6.89. The van der Waals surface area contributed by atoms with E-state index in [0.717, 1.165) is 27.1 Å². The first-order valence-corrected chi connectivity index (χ1v) is 6.22. The fraction of sp³-hybridized carbons (Fsp3) is 0.143. The summed E-state index contributed by atoms with van der Waals surface area (Å²) in [7, 11) is 0. The van der Waals surface area contributed by atoms with Crippen molar-refractivity contribution in [1.82, 2.24) is 0 Å². The number of hydrogen-bond donors (Lipinski definition) is 1. The zero-order valence-electron chi connectivity index (χ0n) is 9.61. The Kier molecular flexibility index (Phi) is 3.82. The van der Waals surface area contributed by atoms with Gasteiger partial charge in [-0.3, -0.25) is 0 Å². The summed E-state index contributed by atoms with van der Waals surface area (Å²) in [4.78, 5) is 0. The van der Waals surface area contributed by atoms with Crippen molar-refractivity contribution in [1.29, 1.82) is 0 Å². The lowest BCUT2D eigenvalue weighted by molar-refractivity contribution is 0.472. The molecule has 2 N–H and O–H groups in total. The molecule has 0 saturated heterocycles. The van der Waals surface area contributed by atoms with Gasteiger partial charge >= 0.3 is 0 Å². The molecule has 0 aromatic heterocycles. The average Bonchev–Trinajstić information content (AvgIpc) is 2.34. The number of aryl methyl sites for hydroxylation is 1. The molecule has 2 rings (SSSR count). The van der Waals surface area contributed by atoms with Crippen LogP contribution in [0.5, 0.6) is 11.5 Å². The van der Waals surface area contributed by atoms with Gasteiger partial charge in [-0.1, -0.05) is 34.1 Å². The molecule has 0 aliphatic heterocycles. The Labute approximate surface area is 110 Å². The van der Waals surface area contributed by atoms with Crippen LogP contribution in [0.25, 0.3) is 0 Å². The van der Waals surface area contributed by atoms with Crippen molar-refractivity contribution in [3.05, 3.63) is 58.1 Å². The van der Waals surface area contributed by atoms with Gasteiger partial charge in [-0.15, -0.1) is 0 Å². The van der Waals surface area contributed by atoms with E-state index in [-0.39, 0.29) is 0 Å². The van der Waals surface area contributed by atoms with Gasteiger partial charge in [-0.2, -0.15) is 0 Å². The van der Waals surface area contributed by atoms with Crippen LogP contribution in [0.2, 0.25) is 0 Å². The van der Waals surface area contributed by atoms with Gasteiger partial charge in [0.05, 0.1) is 0 Å². The molecule has 0 radical (unpaired) electrons. The highest BCUT2D eigenvalue weighted by Crippen LogP contribution is 2.29. The van der Waals surface area contributed by atoms with E-state index in [4.69, 9.17) is 10.5 Å². The summed E-state index contributed by atoms with van der Waals surface area (Å²) in [6, 6.07) is 13.8. The summed E-state index contributed by atoms with van der Waals surface area (Å²) in [5.41, 5.74) is 7.81. The van der Waals surface area contributed by atoms with Crippen LogP contribution in [0.15, 0.2) is 46.9 Å². The molecule has 0 amide bonds. The first kappa shape index (κ1) is 12.1. The van der Waals surface area contributed by atoms with Crippen molar-refractivity contribution in [2.24, 2.45) is 5.73 Å². The number of halogens is 1. The number of rotatable bonds is 3. The van der Waals surface area contributed by atoms with Crippen LogP contribution in [0.1, 0.15) is 11.1 Å². The van der Waals surface area contributed by atoms with E-state index in [1.165, 1.54) is 0 Å². The van der Waals surface area contributed by atoms with Crippen LogP contribution in [-0.4, -0.2) is 0 Å². The minimum absolute atomic E-state index is 0.459. The predicted octanol–water partition coefficient (Wildman–Crippen LogP) is 4.01. The Bertz CT molecular complexity index is 525. The van der Waals surface area contributed by atoms with E-state index in [1.54, 1.807) is 0 Å². The van der Waals surface area contributed by atoms with Gasteiger partial charge in [-0.05, 0) is 36.8 Å². The minimum Gasteiger partial charge on any atom is -0.457 e. The highest BCUT2D eigenvalue weighted by atomic mass is 79.9. The Balaban J connectivity index is 2.33. The third-order valence-corrected chi connectivity index (χ3v) is 3.05. The monoisotopic (exact) mass is 291 g/mol. The third kappa shape index (κ3) is 2.87. The minimum atomic E-state index is 0.459. The number of nitrogens with two attached hydrogens (primary N) is 1. The van der Waals surface area contributed by atoms with Gasteiger partial charge < -0.3 is 10.5 Å². The van der Waals surface area contributed by atoms with E-state index in [2.05, 4.69) is 15.9 Å². The van der Waals surface area contributed by atoms with Crippen LogP contribution >= 0.6 is 15.9 Å². The van der Waals surface area contributed by atoms with E-state index < -0.39 is 0 Å². The van der Waals surface area contributed by atoms with Crippen molar-refractivity contribution < 1.29 is 4.74 Å². The molecular weight excluding hydrogens is 278 g/mol. The highest BCUT2D eigenvalue weighted by molar-refractivity contribution is 9.10. The molecule has 0 unspecified atom stereocenters. The standard InChI is InChI=1S/C14H14BrNO/c1-10-4-2-3-5-13(10)17-14-7-6-12(15)8-11(14)9-16/h2-8H,9,16H2,1H3. The number of hydrogen-bond acceptors (Lipinski definition) is 2. The zero-order valence-corrected chi connectivity index (χ0v) is 11.2. The highest BCUT2D eigenvalue weighted by Gasteiger charge is 2.05. The third-order valence-electron chi connectivity index (χ3n) is 2.56. The van der Waals surface area contributed by atoms with Crippen LogP contribution < -0.4 is 10.5 Å².